The van der Waals surface area contributed by atoms with Crippen LogP contribution in [0.1, 0.15) is 367 Å². The van der Waals surface area contributed by atoms with E-state index in [9.17, 15) is 19.8 Å². The molecule has 6 nitrogen and oxygen atoms in total. The standard InChI is InChI=1S/C69H131NO5/c1-3-5-7-9-11-13-15-17-19-20-21-22-23-25-28-31-34-37-41-45-49-53-57-61-67(72)66(65-71)70-68(73)62-58-54-50-46-42-38-35-32-29-26-24-27-30-33-36-40-44-48-52-56-60-64-75-69(74)63-59-55-51-47-43-39-18-16-14-12-10-8-6-4-2/h40,44,52,56-57,61,66-67,71-72H,3-39,41-43,45-51,53-55,58-60,62-65H2,1-2H3,(H,70,73)/b44-40-,56-52-,61-57+. The van der Waals surface area contributed by atoms with Crippen molar-refractivity contribution < 1.29 is 24.5 Å². The number of aliphatic hydroxyl groups is 2. The second-order valence-electron chi connectivity index (χ2n) is 23.2. The molecule has 0 heterocycles. The lowest BCUT2D eigenvalue weighted by Crippen LogP contribution is -2.45. The van der Waals surface area contributed by atoms with Crippen LogP contribution in [0.15, 0.2) is 36.5 Å². The highest BCUT2D eigenvalue weighted by Crippen LogP contribution is 2.18. The molecule has 0 saturated heterocycles. The Balaban J connectivity index is 3.47. The van der Waals surface area contributed by atoms with E-state index in [4.69, 9.17) is 4.74 Å². The summed E-state index contributed by atoms with van der Waals surface area (Å²) in [4.78, 5) is 24.5. The zero-order chi connectivity index (χ0) is 54.3. The van der Waals surface area contributed by atoms with Crippen LogP contribution < -0.4 is 5.32 Å². The number of carbonyl (C=O) groups is 2. The first-order valence-corrected chi connectivity index (χ1v) is 33.8. The largest absolute Gasteiger partial charge is 0.465 e. The van der Waals surface area contributed by atoms with Crippen LogP contribution >= 0.6 is 0 Å². The third kappa shape index (κ3) is 61.2. The number of unbranched alkanes of at least 4 members (excludes halogenated alkanes) is 48. The maximum atomic E-state index is 12.5. The van der Waals surface area contributed by atoms with Crippen LogP contribution in [0.3, 0.4) is 0 Å². The molecule has 0 fully saturated rings. The fraction of sp³-hybridized carbons (Fsp3) is 0.884. The monoisotopic (exact) mass is 1050 g/mol. The van der Waals surface area contributed by atoms with E-state index in [-0.39, 0.29) is 18.5 Å². The van der Waals surface area contributed by atoms with Gasteiger partial charge >= 0.3 is 5.97 Å². The maximum Gasteiger partial charge on any atom is 0.305 e. The number of esters is 1. The third-order valence-electron chi connectivity index (χ3n) is 15.7. The van der Waals surface area contributed by atoms with E-state index in [1.54, 1.807) is 6.08 Å². The zero-order valence-electron chi connectivity index (χ0n) is 50.5. The molecule has 0 bridgehead atoms. The summed E-state index contributed by atoms with van der Waals surface area (Å²) < 4.78 is 5.42. The Labute approximate surface area is 468 Å². The summed E-state index contributed by atoms with van der Waals surface area (Å²) >= 11 is 0. The van der Waals surface area contributed by atoms with Gasteiger partial charge in [-0.15, -0.1) is 0 Å². The van der Waals surface area contributed by atoms with E-state index < -0.39 is 12.1 Å². The second-order valence-corrected chi connectivity index (χ2v) is 23.2. The van der Waals surface area contributed by atoms with Gasteiger partial charge in [0.25, 0.3) is 0 Å². The van der Waals surface area contributed by atoms with Crippen molar-refractivity contribution in [1.29, 1.82) is 0 Å². The minimum Gasteiger partial charge on any atom is -0.465 e. The minimum atomic E-state index is -0.849. The molecule has 442 valence electrons. The molecule has 0 aromatic heterocycles. The van der Waals surface area contributed by atoms with Gasteiger partial charge in [-0.3, -0.25) is 9.59 Å². The molecule has 3 N–H and O–H groups in total. The Bertz CT molecular complexity index is 1210. The Morgan fingerprint density at radius 3 is 1.01 bits per heavy atom. The van der Waals surface area contributed by atoms with Gasteiger partial charge in [-0.2, -0.15) is 0 Å². The molecule has 0 rings (SSSR count). The quantitative estimate of drug-likeness (QED) is 0.0320. The molecular formula is C69H131NO5. The van der Waals surface area contributed by atoms with E-state index in [0.29, 0.717) is 19.4 Å². The molecule has 0 aliphatic carbocycles. The lowest BCUT2D eigenvalue weighted by molar-refractivity contribution is -0.143. The highest BCUT2D eigenvalue weighted by Gasteiger charge is 2.18. The average Bonchev–Trinajstić information content (AvgIpc) is 3.41. The molecular weight excluding hydrogens is 923 g/mol. The highest BCUT2D eigenvalue weighted by molar-refractivity contribution is 5.76. The van der Waals surface area contributed by atoms with Crippen LogP contribution in [0.5, 0.6) is 0 Å². The molecule has 0 aliphatic rings. The molecule has 0 saturated carbocycles. The molecule has 1 amide bonds. The minimum absolute atomic E-state index is 0.0331. The summed E-state index contributed by atoms with van der Waals surface area (Å²) in [5.41, 5.74) is 0. The lowest BCUT2D eigenvalue weighted by Gasteiger charge is -2.20. The Morgan fingerprint density at radius 2 is 0.667 bits per heavy atom. The van der Waals surface area contributed by atoms with E-state index in [1.807, 2.05) is 6.08 Å². The number of carbonyl (C=O) groups excluding carboxylic acids is 2. The Morgan fingerprint density at radius 1 is 0.373 bits per heavy atom. The molecule has 0 aromatic carbocycles. The van der Waals surface area contributed by atoms with Crippen LogP contribution in [0, 0.1) is 0 Å². The number of aliphatic hydroxyl groups excluding tert-OH is 2. The van der Waals surface area contributed by atoms with Gasteiger partial charge < -0.3 is 20.3 Å². The van der Waals surface area contributed by atoms with Crippen molar-refractivity contribution in [2.24, 2.45) is 0 Å². The zero-order valence-corrected chi connectivity index (χ0v) is 50.5. The summed E-state index contributed by atoms with van der Waals surface area (Å²) in [7, 11) is 0. The van der Waals surface area contributed by atoms with Gasteiger partial charge in [-0.25, -0.2) is 0 Å². The summed E-state index contributed by atoms with van der Waals surface area (Å²) in [6.07, 6.45) is 82.2. The van der Waals surface area contributed by atoms with Crippen molar-refractivity contribution >= 4 is 11.9 Å². The normalized spacial score (nSPS) is 12.7. The van der Waals surface area contributed by atoms with Crippen molar-refractivity contribution in [3.63, 3.8) is 0 Å². The van der Waals surface area contributed by atoms with Crippen LogP contribution in [0.2, 0.25) is 0 Å². The SMILES string of the molecule is CCCCCCCCCCCCCCCCCCCCCCC/C=C/C(O)C(CO)NC(=O)CCCCCCCCCCCCCCCC/C=C\C/C=C\CCOC(=O)CCCCCCCCCCCCCCCC. The third-order valence-corrected chi connectivity index (χ3v) is 15.7. The topological polar surface area (TPSA) is 95.9 Å². The molecule has 0 radical (unpaired) electrons. The van der Waals surface area contributed by atoms with Gasteiger partial charge in [0.2, 0.25) is 5.91 Å². The molecule has 2 unspecified atom stereocenters. The molecule has 2 atom stereocenters. The number of hydrogen-bond acceptors (Lipinski definition) is 5. The predicted octanol–water partition coefficient (Wildman–Crippen LogP) is 21.5. The van der Waals surface area contributed by atoms with Gasteiger partial charge in [0.15, 0.2) is 0 Å². The predicted molar refractivity (Wildman–Crippen MR) is 329 cm³/mol. The lowest BCUT2D eigenvalue weighted by atomic mass is 10.0. The summed E-state index contributed by atoms with van der Waals surface area (Å²) in [5.74, 6) is -0.102. The first-order chi connectivity index (χ1) is 37.0. The van der Waals surface area contributed by atoms with Gasteiger partial charge in [-0.05, 0) is 51.4 Å². The number of amides is 1. The smallest absolute Gasteiger partial charge is 0.305 e. The Hall–Kier alpha value is -1.92. The van der Waals surface area contributed by atoms with E-state index in [0.717, 1.165) is 51.4 Å². The average molecular weight is 1050 g/mol. The molecule has 6 heteroatoms. The number of rotatable bonds is 63. The van der Waals surface area contributed by atoms with Gasteiger partial charge in [0.1, 0.15) is 0 Å². The summed E-state index contributed by atoms with van der Waals surface area (Å²) in [6, 6.07) is -0.633. The van der Waals surface area contributed by atoms with Crippen LogP contribution in [-0.4, -0.2) is 47.4 Å². The van der Waals surface area contributed by atoms with Crippen molar-refractivity contribution in [3.8, 4) is 0 Å². The molecule has 0 spiro atoms. The number of allylic oxidation sites excluding steroid dienone is 4. The van der Waals surface area contributed by atoms with Gasteiger partial charge in [-0.1, -0.05) is 339 Å². The Kier molecular flexibility index (Phi) is 63.0. The first kappa shape index (κ1) is 73.1. The van der Waals surface area contributed by atoms with Crippen molar-refractivity contribution in [2.75, 3.05) is 13.2 Å². The van der Waals surface area contributed by atoms with Gasteiger partial charge in [0, 0.05) is 12.8 Å². The maximum absolute atomic E-state index is 12.5. The summed E-state index contributed by atoms with van der Waals surface area (Å²) in [6.45, 7) is 4.83. The number of ether oxygens (including phenoxy) is 1. The van der Waals surface area contributed by atoms with E-state index in [1.165, 1.54) is 289 Å². The number of nitrogens with one attached hydrogen (secondary N) is 1. The van der Waals surface area contributed by atoms with Gasteiger partial charge in [0.05, 0.1) is 25.4 Å². The van der Waals surface area contributed by atoms with Crippen molar-refractivity contribution in [2.45, 2.75) is 379 Å². The molecule has 0 aromatic rings. The van der Waals surface area contributed by atoms with E-state index in [2.05, 4.69) is 43.5 Å². The first-order valence-electron chi connectivity index (χ1n) is 33.8. The van der Waals surface area contributed by atoms with E-state index >= 15 is 0 Å². The van der Waals surface area contributed by atoms with Crippen LogP contribution in [0.25, 0.3) is 0 Å². The molecule has 75 heavy (non-hydrogen) atoms. The fourth-order valence-electron chi connectivity index (χ4n) is 10.5. The summed E-state index contributed by atoms with van der Waals surface area (Å²) in [5, 5.41) is 23.2. The highest BCUT2D eigenvalue weighted by atomic mass is 16.5. The second kappa shape index (κ2) is 64.6. The number of hydrogen-bond donors (Lipinski definition) is 3. The van der Waals surface area contributed by atoms with Crippen LogP contribution in [-0.2, 0) is 14.3 Å². The van der Waals surface area contributed by atoms with Crippen molar-refractivity contribution in [3.05, 3.63) is 36.5 Å². The fourth-order valence-corrected chi connectivity index (χ4v) is 10.5. The molecule has 0 aliphatic heterocycles. The van der Waals surface area contributed by atoms with Crippen molar-refractivity contribution in [1.82, 2.24) is 5.32 Å². The van der Waals surface area contributed by atoms with Crippen LogP contribution in [0.4, 0.5) is 0 Å².